The zero-order chi connectivity index (χ0) is 14.4. The molecule has 0 aliphatic rings. The minimum atomic E-state index is -0.489. The predicted molar refractivity (Wildman–Crippen MR) is 79.9 cm³/mol. The van der Waals surface area contributed by atoms with Crippen LogP contribution in [0, 0.1) is 0 Å². The Morgan fingerprint density at radius 3 is 2.60 bits per heavy atom. The normalized spacial score (nSPS) is 10.1. The van der Waals surface area contributed by atoms with E-state index in [-0.39, 0.29) is 6.61 Å². The Morgan fingerprint density at radius 1 is 1.20 bits per heavy atom. The van der Waals surface area contributed by atoms with Crippen LogP contribution >= 0.6 is 11.6 Å². The highest BCUT2D eigenvalue weighted by Gasteiger charge is 1.99. The minimum absolute atomic E-state index is 0.111. The zero-order valence-corrected chi connectivity index (χ0v) is 11.6. The number of carbonyl (C=O) groups is 1. The average molecular weight is 291 g/mol. The van der Waals surface area contributed by atoms with Crippen molar-refractivity contribution >= 4 is 23.2 Å². The fourth-order valence-electron chi connectivity index (χ4n) is 1.66. The molecule has 2 rings (SSSR count). The van der Waals surface area contributed by atoms with Crippen molar-refractivity contribution in [1.29, 1.82) is 0 Å². The molecule has 4 nitrogen and oxygen atoms in total. The van der Waals surface area contributed by atoms with Gasteiger partial charge < -0.3 is 15.8 Å². The lowest BCUT2D eigenvalue weighted by Crippen LogP contribution is -2.19. The number of benzene rings is 2. The molecule has 2 aromatic rings. The minimum Gasteiger partial charge on any atom is -0.484 e. The van der Waals surface area contributed by atoms with Crippen molar-refractivity contribution in [3.05, 3.63) is 59.1 Å². The van der Waals surface area contributed by atoms with Crippen LogP contribution < -0.4 is 15.8 Å². The number of anilines is 1. The Labute approximate surface area is 122 Å². The summed E-state index contributed by atoms with van der Waals surface area (Å²) >= 11 is 5.91. The van der Waals surface area contributed by atoms with E-state index in [1.807, 2.05) is 36.4 Å². The third-order valence-electron chi connectivity index (χ3n) is 2.63. The van der Waals surface area contributed by atoms with E-state index in [2.05, 4.69) is 5.32 Å². The number of nitrogens with two attached hydrogens (primary N) is 1. The van der Waals surface area contributed by atoms with Crippen molar-refractivity contribution in [3.8, 4) is 5.75 Å². The Morgan fingerprint density at radius 2 is 1.95 bits per heavy atom. The van der Waals surface area contributed by atoms with E-state index in [9.17, 15) is 4.79 Å². The molecule has 0 aromatic heterocycles. The summed E-state index contributed by atoms with van der Waals surface area (Å²) in [6, 6.07) is 15.0. The van der Waals surface area contributed by atoms with E-state index in [0.29, 0.717) is 17.3 Å². The molecule has 0 fully saturated rings. The highest BCUT2D eigenvalue weighted by molar-refractivity contribution is 6.30. The maximum atomic E-state index is 10.6. The summed E-state index contributed by atoms with van der Waals surface area (Å²) in [7, 11) is 0. The van der Waals surface area contributed by atoms with Crippen molar-refractivity contribution in [2.75, 3.05) is 11.9 Å². The van der Waals surface area contributed by atoms with E-state index in [1.54, 1.807) is 12.1 Å². The quantitative estimate of drug-likeness (QED) is 0.860. The van der Waals surface area contributed by atoms with Crippen molar-refractivity contribution < 1.29 is 9.53 Å². The van der Waals surface area contributed by atoms with Gasteiger partial charge >= 0.3 is 0 Å². The van der Waals surface area contributed by atoms with Gasteiger partial charge in [-0.2, -0.15) is 0 Å². The van der Waals surface area contributed by atoms with Crippen molar-refractivity contribution in [2.24, 2.45) is 5.73 Å². The summed E-state index contributed by atoms with van der Waals surface area (Å²) in [6.07, 6.45) is 0. The fourth-order valence-corrected chi connectivity index (χ4v) is 1.85. The van der Waals surface area contributed by atoms with Crippen LogP contribution in [0.2, 0.25) is 5.02 Å². The molecule has 104 valence electrons. The van der Waals surface area contributed by atoms with Gasteiger partial charge in [0.2, 0.25) is 0 Å². The topological polar surface area (TPSA) is 64.4 Å². The van der Waals surface area contributed by atoms with Crippen LogP contribution in [-0.2, 0) is 11.3 Å². The lowest BCUT2D eigenvalue weighted by Gasteiger charge is -2.08. The molecule has 0 aliphatic heterocycles. The monoisotopic (exact) mass is 290 g/mol. The highest BCUT2D eigenvalue weighted by atomic mass is 35.5. The SMILES string of the molecule is NC(=O)COc1ccc(CNc2cccc(Cl)c2)cc1. The van der Waals surface area contributed by atoms with E-state index in [4.69, 9.17) is 22.1 Å². The van der Waals surface area contributed by atoms with Gasteiger partial charge in [-0.05, 0) is 35.9 Å². The molecular weight excluding hydrogens is 276 g/mol. The summed E-state index contributed by atoms with van der Waals surface area (Å²) < 4.78 is 5.19. The second kappa shape index (κ2) is 6.82. The summed E-state index contributed by atoms with van der Waals surface area (Å²) in [4.78, 5) is 10.6. The van der Waals surface area contributed by atoms with Gasteiger partial charge in [0.1, 0.15) is 5.75 Å². The number of halogens is 1. The van der Waals surface area contributed by atoms with Gasteiger partial charge in [0.05, 0.1) is 0 Å². The number of ether oxygens (including phenoxy) is 1. The van der Waals surface area contributed by atoms with Gasteiger partial charge in [0, 0.05) is 17.3 Å². The maximum absolute atomic E-state index is 10.6. The number of hydrogen-bond acceptors (Lipinski definition) is 3. The van der Waals surface area contributed by atoms with Crippen LogP contribution in [0.25, 0.3) is 0 Å². The van der Waals surface area contributed by atoms with Crippen molar-refractivity contribution in [2.45, 2.75) is 6.54 Å². The van der Waals surface area contributed by atoms with Gasteiger partial charge in [-0.1, -0.05) is 29.8 Å². The molecule has 0 atom stereocenters. The number of nitrogens with one attached hydrogen (secondary N) is 1. The second-order valence-corrected chi connectivity index (χ2v) is 4.70. The Kier molecular flexibility index (Phi) is 4.85. The molecule has 0 unspecified atom stereocenters. The molecule has 0 aliphatic carbocycles. The Hall–Kier alpha value is -2.20. The first-order valence-corrected chi connectivity index (χ1v) is 6.51. The van der Waals surface area contributed by atoms with Gasteiger partial charge in [0.15, 0.2) is 6.61 Å². The average Bonchev–Trinajstić information content (AvgIpc) is 2.44. The van der Waals surface area contributed by atoms with Crippen LogP contribution in [0.4, 0.5) is 5.69 Å². The standard InChI is InChI=1S/C15H15ClN2O2/c16-12-2-1-3-13(8-12)18-9-11-4-6-14(7-5-11)20-10-15(17)19/h1-8,18H,9-10H2,(H2,17,19). The van der Waals surface area contributed by atoms with Crippen LogP contribution in [0.15, 0.2) is 48.5 Å². The number of carbonyl (C=O) groups excluding carboxylic acids is 1. The first kappa shape index (κ1) is 14.2. The number of rotatable bonds is 6. The predicted octanol–water partition coefficient (Wildman–Crippen LogP) is 2.82. The Bertz CT molecular complexity index is 585. The van der Waals surface area contributed by atoms with Crippen LogP contribution in [0.3, 0.4) is 0 Å². The molecule has 0 heterocycles. The third kappa shape index (κ3) is 4.48. The molecule has 2 aromatic carbocycles. The Balaban J connectivity index is 1.89. The van der Waals surface area contributed by atoms with Gasteiger partial charge in [-0.3, -0.25) is 4.79 Å². The molecular formula is C15H15ClN2O2. The fraction of sp³-hybridized carbons (Fsp3) is 0.133. The highest BCUT2D eigenvalue weighted by Crippen LogP contribution is 2.17. The van der Waals surface area contributed by atoms with Gasteiger partial charge in [-0.15, -0.1) is 0 Å². The summed E-state index contributed by atoms with van der Waals surface area (Å²) in [5.41, 5.74) is 7.07. The molecule has 0 bridgehead atoms. The molecule has 5 heteroatoms. The third-order valence-corrected chi connectivity index (χ3v) is 2.86. The number of hydrogen-bond donors (Lipinski definition) is 2. The molecule has 0 saturated heterocycles. The number of amides is 1. The summed E-state index contributed by atoms with van der Waals surface area (Å²) in [5, 5.41) is 3.97. The molecule has 1 amide bonds. The summed E-state index contributed by atoms with van der Waals surface area (Å²) in [5.74, 6) is 0.131. The smallest absolute Gasteiger partial charge is 0.255 e. The van der Waals surface area contributed by atoms with E-state index in [0.717, 1.165) is 11.3 Å². The molecule has 0 saturated carbocycles. The van der Waals surface area contributed by atoms with E-state index in [1.165, 1.54) is 0 Å². The molecule has 0 spiro atoms. The van der Waals surface area contributed by atoms with Gasteiger partial charge in [0.25, 0.3) is 5.91 Å². The molecule has 20 heavy (non-hydrogen) atoms. The maximum Gasteiger partial charge on any atom is 0.255 e. The van der Waals surface area contributed by atoms with Crippen LogP contribution in [0.1, 0.15) is 5.56 Å². The molecule has 3 N–H and O–H groups in total. The van der Waals surface area contributed by atoms with Crippen molar-refractivity contribution in [1.82, 2.24) is 0 Å². The number of primary amides is 1. The molecule has 0 radical (unpaired) electrons. The largest absolute Gasteiger partial charge is 0.484 e. The lowest BCUT2D eigenvalue weighted by atomic mass is 10.2. The van der Waals surface area contributed by atoms with E-state index >= 15 is 0 Å². The summed E-state index contributed by atoms with van der Waals surface area (Å²) in [6.45, 7) is 0.566. The van der Waals surface area contributed by atoms with Gasteiger partial charge in [-0.25, -0.2) is 0 Å². The first-order valence-electron chi connectivity index (χ1n) is 6.13. The second-order valence-electron chi connectivity index (χ2n) is 4.26. The van der Waals surface area contributed by atoms with Crippen molar-refractivity contribution in [3.63, 3.8) is 0 Å². The first-order chi connectivity index (χ1) is 9.63. The van der Waals surface area contributed by atoms with Crippen LogP contribution in [-0.4, -0.2) is 12.5 Å². The zero-order valence-electron chi connectivity index (χ0n) is 10.8. The lowest BCUT2D eigenvalue weighted by molar-refractivity contribution is -0.119. The van der Waals surface area contributed by atoms with E-state index < -0.39 is 5.91 Å². The van der Waals surface area contributed by atoms with Crippen LogP contribution in [0.5, 0.6) is 5.75 Å².